The Morgan fingerprint density at radius 3 is 0.684 bits per heavy atom. The predicted molar refractivity (Wildman–Crippen MR) is 162 cm³/mol. The third-order valence-corrected chi connectivity index (χ3v) is 11.2. The highest BCUT2D eigenvalue weighted by Gasteiger charge is 2.39. The van der Waals surface area contributed by atoms with Gasteiger partial charge >= 0.3 is 7.82 Å². The van der Waals surface area contributed by atoms with E-state index in [0.717, 1.165) is 0 Å². The molecule has 0 amide bonds. The summed E-state index contributed by atoms with van der Waals surface area (Å²) in [5, 5.41) is 2.19. The number of rotatable bonds is 6. The molecule has 0 bridgehead atoms. The average Bonchev–Trinajstić information content (AvgIpc) is 2.89. The minimum absolute atomic E-state index is 0.160. The molecular formula is C27H27Cl6O4P. The highest BCUT2D eigenvalue weighted by atomic mass is 35.5. The summed E-state index contributed by atoms with van der Waals surface area (Å²) in [5.41, 5.74) is 5.08. The maximum absolute atomic E-state index is 14.6. The van der Waals surface area contributed by atoms with Crippen molar-refractivity contribution >= 4 is 77.4 Å². The molecule has 0 unspecified atom stereocenters. The van der Waals surface area contributed by atoms with E-state index in [9.17, 15) is 4.57 Å². The largest absolute Gasteiger partial charge is 0.647 e. The standard InChI is InChI=1S/C27H27Cl6O4P/c1-10-19(28)13(4)25(14(5)20(10)29)35-38(34,36-26-15(6)21(30)11(2)22(31)16(26)7)37-27-17(8)23(32)12(3)24(33)18(27)9/h1-9H3. The second kappa shape index (κ2) is 11.5. The van der Waals surface area contributed by atoms with Crippen LogP contribution in [0.3, 0.4) is 0 Å². The number of halogens is 6. The first-order chi connectivity index (χ1) is 17.4. The molecule has 3 aromatic rings. The Hall–Kier alpha value is -0.970. The summed E-state index contributed by atoms with van der Waals surface area (Å²) in [6.07, 6.45) is 0. The number of phosphoric ester groups is 1. The SMILES string of the molecule is Cc1c(Cl)c(C)c(OP(=O)(Oc2c(C)c(Cl)c(C)c(Cl)c2C)Oc2c(C)c(Cl)c(C)c(Cl)c2C)c(C)c1Cl. The van der Waals surface area contributed by atoms with Gasteiger partial charge in [0.2, 0.25) is 0 Å². The highest BCUT2D eigenvalue weighted by Crippen LogP contribution is 2.57. The molecule has 0 spiro atoms. The van der Waals surface area contributed by atoms with Gasteiger partial charge in [-0.3, -0.25) is 0 Å². The summed E-state index contributed by atoms with van der Waals surface area (Å²) in [6.45, 7) is 15.7. The molecule has 38 heavy (non-hydrogen) atoms. The molecule has 0 heterocycles. The van der Waals surface area contributed by atoms with E-state index < -0.39 is 7.82 Å². The number of hydrogen-bond donors (Lipinski definition) is 0. The van der Waals surface area contributed by atoms with E-state index in [0.29, 0.717) is 80.2 Å². The fourth-order valence-corrected chi connectivity index (χ4v) is 7.05. The van der Waals surface area contributed by atoms with Crippen molar-refractivity contribution in [3.8, 4) is 17.2 Å². The van der Waals surface area contributed by atoms with Crippen LogP contribution >= 0.6 is 77.4 Å². The van der Waals surface area contributed by atoms with Crippen LogP contribution in [0.5, 0.6) is 17.2 Å². The Morgan fingerprint density at radius 2 is 0.526 bits per heavy atom. The molecule has 11 heteroatoms. The van der Waals surface area contributed by atoms with Crippen molar-refractivity contribution in [2.24, 2.45) is 0 Å². The molecular weight excluding hydrogens is 632 g/mol. The van der Waals surface area contributed by atoms with Gasteiger partial charge in [-0.1, -0.05) is 69.6 Å². The Labute approximate surface area is 254 Å². The summed E-state index contributed by atoms with van der Waals surface area (Å²) in [7, 11) is -4.56. The molecule has 4 nitrogen and oxygen atoms in total. The average molecular weight is 659 g/mol. The van der Waals surface area contributed by atoms with Crippen molar-refractivity contribution in [1.82, 2.24) is 0 Å². The van der Waals surface area contributed by atoms with E-state index in [4.69, 9.17) is 83.2 Å². The minimum atomic E-state index is -4.56. The molecule has 0 aromatic heterocycles. The minimum Gasteiger partial charge on any atom is -0.385 e. The smallest absolute Gasteiger partial charge is 0.385 e. The van der Waals surface area contributed by atoms with Gasteiger partial charge in [-0.05, 0) is 79.0 Å². The summed E-state index contributed by atoms with van der Waals surface area (Å²) >= 11 is 39.1. The van der Waals surface area contributed by atoms with Gasteiger partial charge in [0.1, 0.15) is 17.2 Å². The van der Waals surface area contributed by atoms with Crippen molar-refractivity contribution in [2.45, 2.75) is 62.3 Å². The third-order valence-electron chi connectivity index (χ3n) is 6.60. The highest BCUT2D eigenvalue weighted by molar-refractivity contribution is 7.49. The zero-order valence-corrected chi connectivity index (χ0v) is 27.8. The maximum Gasteiger partial charge on any atom is 0.647 e. The van der Waals surface area contributed by atoms with Gasteiger partial charge in [0.25, 0.3) is 0 Å². The lowest BCUT2D eigenvalue weighted by molar-refractivity contribution is 0.294. The number of phosphoric acid groups is 1. The van der Waals surface area contributed by atoms with E-state index >= 15 is 0 Å². The number of hydrogen-bond acceptors (Lipinski definition) is 4. The molecule has 0 saturated heterocycles. The van der Waals surface area contributed by atoms with Gasteiger partial charge in [-0.2, -0.15) is 4.57 Å². The second-order valence-electron chi connectivity index (χ2n) is 9.22. The molecule has 0 aliphatic carbocycles. The van der Waals surface area contributed by atoms with E-state index in [-0.39, 0.29) is 17.2 Å². The van der Waals surface area contributed by atoms with Gasteiger partial charge in [-0.15, -0.1) is 0 Å². The van der Waals surface area contributed by atoms with Crippen LogP contribution in [-0.4, -0.2) is 0 Å². The van der Waals surface area contributed by atoms with Crippen molar-refractivity contribution < 1.29 is 18.1 Å². The van der Waals surface area contributed by atoms with Crippen LogP contribution in [-0.2, 0) is 4.57 Å². The monoisotopic (exact) mass is 656 g/mol. The normalized spacial score (nSPS) is 11.7. The van der Waals surface area contributed by atoms with Crippen molar-refractivity contribution in [2.75, 3.05) is 0 Å². The summed E-state index contributed by atoms with van der Waals surface area (Å²) in [5.74, 6) is 0.481. The summed E-state index contributed by atoms with van der Waals surface area (Å²) < 4.78 is 32.9. The van der Waals surface area contributed by atoms with Crippen LogP contribution in [0.25, 0.3) is 0 Å². The van der Waals surface area contributed by atoms with E-state index in [1.165, 1.54) is 0 Å². The van der Waals surface area contributed by atoms with Crippen LogP contribution in [0, 0.1) is 62.3 Å². The molecule has 3 aromatic carbocycles. The van der Waals surface area contributed by atoms with E-state index in [1.54, 1.807) is 62.3 Å². The van der Waals surface area contributed by atoms with Crippen LogP contribution in [0.2, 0.25) is 30.1 Å². The Morgan fingerprint density at radius 1 is 0.368 bits per heavy atom. The predicted octanol–water partition coefficient (Wildman–Crippen LogP) is 12.0. The van der Waals surface area contributed by atoms with Gasteiger partial charge in [-0.25, -0.2) is 0 Å². The first-order valence-corrected chi connectivity index (χ1v) is 15.2. The van der Waals surface area contributed by atoms with Crippen LogP contribution in [0.15, 0.2) is 0 Å². The van der Waals surface area contributed by atoms with Crippen molar-refractivity contribution in [1.29, 1.82) is 0 Å². The third kappa shape index (κ3) is 5.48. The molecule has 0 aliphatic heterocycles. The second-order valence-corrected chi connectivity index (χ2v) is 12.9. The molecule has 0 fully saturated rings. The van der Waals surface area contributed by atoms with E-state index in [1.807, 2.05) is 0 Å². The number of benzene rings is 3. The fourth-order valence-electron chi connectivity index (χ4n) is 4.22. The van der Waals surface area contributed by atoms with Crippen LogP contribution in [0.1, 0.15) is 50.1 Å². The molecule has 0 radical (unpaired) electrons. The lowest BCUT2D eigenvalue weighted by Gasteiger charge is -2.26. The Balaban J connectivity index is 2.31. The topological polar surface area (TPSA) is 44.8 Å². The Bertz CT molecular complexity index is 1270. The first kappa shape index (κ1) is 31.6. The fraction of sp³-hybridized carbons (Fsp3) is 0.333. The molecule has 206 valence electrons. The van der Waals surface area contributed by atoms with Crippen molar-refractivity contribution in [3.05, 3.63) is 80.2 Å². The van der Waals surface area contributed by atoms with Gasteiger partial charge in [0.05, 0.1) is 30.1 Å². The molecule has 0 atom stereocenters. The zero-order chi connectivity index (χ0) is 29.0. The van der Waals surface area contributed by atoms with Crippen molar-refractivity contribution in [3.63, 3.8) is 0 Å². The van der Waals surface area contributed by atoms with Gasteiger partial charge in [0.15, 0.2) is 0 Å². The lowest BCUT2D eigenvalue weighted by Crippen LogP contribution is -2.12. The molecule has 0 saturated carbocycles. The first-order valence-electron chi connectivity index (χ1n) is 11.5. The summed E-state index contributed by atoms with van der Waals surface area (Å²) in [4.78, 5) is 0. The van der Waals surface area contributed by atoms with Gasteiger partial charge in [0, 0.05) is 33.4 Å². The maximum atomic E-state index is 14.6. The Kier molecular flexibility index (Phi) is 9.54. The van der Waals surface area contributed by atoms with Gasteiger partial charge < -0.3 is 13.6 Å². The lowest BCUT2D eigenvalue weighted by atomic mass is 10.1. The molecule has 0 N–H and O–H groups in total. The van der Waals surface area contributed by atoms with Crippen LogP contribution in [0.4, 0.5) is 0 Å². The summed E-state index contributed by atoms with van der Waals surface area (Å²) in [6, 6.07) is 0. The molecule has 0 aliphatic rings. The molecule has 3 rings (SSSR count). The van der Waals surface area contributed by atoms with Crippen LogP contribution < -0.4 is 13.6 Å². The quantitative estimate of drug-likeness (QED) is 0.247. The zero-order valence-electron chi connectivity index (χ0n) is 22.3. The van der Waals surface area contributed by atoms with E-state index in [2.05, 4.69) is 0 Å².